The number of hydrogen-bond donors (Lipinski definition) is 1. The van der Waals surface area contributed by atoms with Gasteiger partial charge in [0, 0.05) is 26.2 Å². The topological polar surface area (TPSA) is 47.6 Å². The smallest absolute Gasteiger partial charge is 0.152 e. The van der Waals surface area contributed by atoms with Gasteiger partial charge in [0.2, 0.25) is 0 Å². The first-order valence-electron chi connectivity index (χ1n) is 4.64. The lowest BCUT2D eigenvalue weighted by atomic mass is 10.0. The largest absolute Gasteiger partial charge is 0.383 e. The highest BCUT2D eigenvalue weighted by Crippen LogP contribution is 2.12. The number of Topliss-reactive ketones (excluding diaryl/α,β-unsaturated/α-hetero) is 1. The molecular weight excluding hydrogens is 170 g/mol. The predicted octanol–water partition coefficient (Wildman–Crippen LogP) is -0.172. The van der Waals surface area contributed by atoms with Crippen LogP contribution in [0.25, 0.3) is 0 Å². The number of nitrogens with one attached hydrogen (secondary N) is 1. The molecule has 1 saturated heterocycles. The third-order valence-electron chi connectivity index (χ3n) is 2.17. The van der Waals surface area contributed by atoms with E-state index in [0.29, 0.717) is 19.8 Å². The zero-order valence-electron chi connectivity index (χ0n) is 8.04. The van der Waals surface area contributed by atoms with Crippen LogP contribution in [-0.2, 0) is 14.3 Å². The van der Waals surface area contributed by atoms with Gasteiger partial charge in [0.05, 0.1) is 19.8 Å². The van der Waals surface area contributed by atoms with Crippen molar-refractivity contribution in [3.63, 3.8) is 0 Å². The van der Waals surface area contributed by atoms with Crippen LogP contribution in [-0.4, -0.2) is 45.8 Å². The van der Waals surface area contributed by atoms with Gasteiger partial charge in [-0.15, -0.1) is 0 Å². The Bertz CT molecular complexity index is 155. The minimum absolute atomic E-state index is 0.120. The number of carbonyl (C=O) groups excluding carboxylic acids is 1. The average Bonchev–Trinajstić information content (AvgIpc) is 2.65. The molecule has 1 atom stereocenters. The van der Waals surface area contributed by atoms with E-state index in [4.69, 9.17) is 9.47 Å². The van der Waals surface area contributed by atoms with Gasteiger partial charge in [-0.25, -0.2) is 0 Å². The summed E-state index contributed by atoms with van der Waals surface area (Å²) in [5, 5.41) is 3.03. The lowest BCUT2D eigenvalue weighted by Crippen LogP contribution is -2.30. The minimum Gasteiger partial charge on any atom is -0.383 e. The van der Waals surface area contributed by atoms with Crippen LogP contribution < -0.4 is 5.32 Å². The molecule has 0 amide bonds. The van der Waals surface area contributed by atoms with Crippen molar-refractivity contribution in [2.75, 3.05) is 40.0 Å². The molecule has 13 heavy (non-hydrogen) atoms. The minimum atomic E-state index is 0.120. The van der Waals surface area contributed by atoms with Gasteiger partial charge in [0.25, 0.3) is 0 Å². The standard InChI is InChI=1S/C9H17NO3/c1-12-5-3-10-6-9(11)8-2-4-13-7-8/h8,10H,2-7H2,1H3. The van der Waals surface area contributed by atoms with Crippen molar-refractivity contribution >= 4 is 5.78 Å². The summed E-state index contributed by atoms with van der Waals surface area (Å²) in [5.74, 6) is 0.378. The second-order valence-electron chi connectivity index (χ2n) is 3.20. The Morgan fingerprint density at radius 1 is 1.69 bits per heavy atom. The maximum atomic E-state index is 11.4. The summed E-state index contributed by atoms with van der Waals surface area (Å²) in [7, 11) is 1.65. The molecule has 1 fully saturated rings. The first-order chi connectivity index (χ1) is 6.34. The van der Waals surface area contributed by atoms with Gasteiger partial charge in [-0.3, -0.25) is 4.79 Å². The Morgan fingerprint density at radius 3 is 3.15 bits per heavy atom. The number of ether oxygens (including phenoxy) is 2. The van der Waals surface area contributed by atoms with Gasteiger partial charge in [0.1, 0.15) is 0 Å². The van der Waals surface area contributed by atoms with Gasteiger partial charge in [0.15, 0.2) is 5.78 Å². The molecule has 1 rings (SSSR count). The number of carbonyl (C=O) groups is 1. The van der Waals surface area contributed by atoms with Crippen LogP contribution in [0.1, 0.15) is 6.42 Å². The lowest BCUT2D eigenvalue weighted by Gasteiger charge is -2.07. The van der Waals surface area contributed by atoms with Crippen molar-refractivity contribution in [1.29, 1.82) is 0 Å². The van der Waals surface area contributed by atoms with E-state index in [1.165, 1.54) is 0 Å². The molecule has 76 valence electrons. The van der Waals surface area contributed by atoms with Crippen molar-refractivity contribution in [2.45, 2.75) is 6.42 Å². The van der Waals surface area contributed by atoms with Crippen LogP contribution in [0.3, 0.4) is 0 Å². The maximum absolute atomic E-state index is 11.4. The highest BCUT2D eigenvalue weighted by atomic mass is 16.5. The quantitative estimate of drug-likeness (QED) is 0.586. The van der Waals surface area contributed by atoms with E-state index in [0.717, 1.165) is 19.6 Å². The molecule has 0 radical (unpaired) electrons. The summed E-state index contributed by atoms with van der Waals surface area (Å²) in [6, 6.07) is 0. The van der Waals surface area contributed by atoms with Crippen molar-refractivity contribution in [3.8, 4) is 0 Å². The fourth-order valence-electron chi connectivity index (χ4n) is 1.32. The molecule has 1 aliphatic heterocycles. The molecule has 0 bridgehead atoms. The molecule has 0 aromatic heterocycles. The molecule has 4 heteroatoms. The molecule has 0 aromatic rings. The van der Waals surface area contributed by atoms with Crippen molar-refractivity contribution in [3.05, 3.63) is 0 Å². The van der Waals surface area contributed by atoms with Crippen LogP contribution in [0.15, 0.2) is 0 Å². The van der Waals surface area contributed by atoms with Gasteiger partial charge < -0.3 is 14.8 Å². The average molecular weight is 187 g/mol. The van der Waals surface area contributed by atoms with E-state index >= 15 is 0 Å². The lowest BCUT2D eigenvalue weighted by molar-refractivity contribution is -0.122. The van der Waals surface area contributed by atoms with Crippen molar-refractivity contribution in [2.24, 2.45) is 5.92 Å². The van der Waals surface area contributed by atoms with E-state index in [1.54, 1.807) is 7.11 Å². The third-order valence-corrected chi connectivity index (χ3v) is 2.17. The molecule has 1 heterocycles. The van der Waals surface area contributed by atoms with E-state index in [1.807, 2.05) is 0 Å². The number of rotatable bonds is 6. The van der Waals surface area contributed by atoms with E-state index in [2.05, 4.69) is 5.32 Å². The van der Waals surface area contributed by atoms with Gasteiger partial charge in [-0.1, -0.05) is 0 Å². The zero-order chi connectivity index (χ0) is 9.52. The summed E-state index contributed by atoms with van der Waals surface area (Å²) < 4.78 is 9.98. The Labute approximate surface area is 78.6 Å². The fourth-order valence-corrected chi connectivity index (χ4v) is 1.32. The molecule has 0 aliphatic carbocycles. The van der Waals surface area contributed by atoms with Crippen LogP contribution in [0, 0.1) is 5.92 Å². The molecule has 1 aliphatic rings. The second kappa shape index (κ2) is 6.07. The SMILES string of the molecule is COCCNCC(=O)C1CCOC1. The van der Waals surface area contributed by atoms with E-state index in [-0.39, 0.29) is 11.7 Å². The highest BCUT2D eigenvalue weighted by molar-refractivity contribution is 5.83. The van der Waals surface area contributed by atoms with E-state index < -0.39 is 0 Å². The molecule has 0 aromatic carbocycles. The highest BCUT2D eigenvalue weighted by Gasteiger charge is 2.22. The van der Waals surface area contributed by atoms with E-state index in [9.17, 15) is 4.79 Å². The molecule has 1 N–H and O–H groups in total. The summed E-state index contributed by atoms with van der Waals surface area (Å²) in [4.78, 5) is 11.4. The molecule has 0 saturated carbocycles. The normalized spacial score (nSPS) is 22.1. The van der Waals surface area contributed by atoms with Gasteiger partial charge >= 0.3 is 0 Å². The summed E-state index contributed by atoms with van der Waals surface area (Å²) in [6.45, 7) is 3.15. The molecule has 1 unspecified atom stereocenters. The predicted molar refractivity (Wildman–Crippen MR) is 48.7 cm³/mol. The van der Waals surface area contributed by atoms with Crippen LogP contribution >= 0.6 is 0 Å². The Kier molecular flexibility index (Phi) is 4.97. The zero-order valence-corrected chi connectivity index (χ0v) is 8.04. The van der Waals surface area contributed by atoms with Crippen LogP contribution in [0.5, 0.6) is 0 Å². The summed E-state index contributed by atoms with van der Waals surface area (Å²) in [6.07, 6.45) is 0.880. The number of hydrogen-bond acceptors (Lipinski definition) is 4. The Balaban J connectivity index is 2.03. The fraction of sp³-hybridized carbons (Fsp3) is 0.889. The maximum Gasteiger partial charge on any atom is 0.152 e. The van der Waals surface area contributed by atoms with Gasteiger partial charge in [-0.05, 0) is 6.42 Å². The molecular formula is C9H17NO3. The summed E-state index contributed by atoms with van der Waals surface area (Å²) in [5.41, 5.74) is 0. The second-order valence-corrected chi connectivity index (χ2v) is 3.20. The third kappa shape index (κ3) is 3.85. The summed E-state index contributed by atoms with van der Waals surface area (Å²) >= 11 is 0. The number of ketones is 1. The van der Waals surface area contributed by atoms with Gasteiger partial charge in [-0.2, -0.15) is 0 Å². The van der Waals surface area contributed by atoms with Crippen molar-refractivity contribution < 1.29 is 14.3 Å². The molecule has 4 nitrogen and oxygen atoms in total. The monoisotopic (exact) mass is 187 g/mol. The first-order valence-corrected chi connectivity index (χ1v) is 4.64. The first kappa shape index (κ1) is 10.6. The Morgan fingerprint density at radius 2 is 2.54 bits per heavy atom. The van der Waals surface area contributed by atoms with Crippen LogP contribution in [0.4, 0.5) is 0 Å². The van der Waals surface area contributed by atoms with Crippen molar-refractivity contribution in [1.82, 2.24) is 5.32 Å². The number of methoxy groups -OCH3 is 1. The molecule has 0 spiro atoms. The van der Waals surface area contributed by atoms with Crippen LogP contribution in [0.2, 0.25) is 0 Å². The Hall–Kier alpha value is -0.450.